The van der Waals surface area contributed by atoms with Gasteiger partial charge in [0.25, 0.3) is 5.91 Å². The molecule has 1 aromatic carbocycles. The highest BCUT2D eigenvalue weighted by Gasteiger charge is 2.25. The summed E-state index contributed by atoms with van der Waals surface area (Å²) in [4.78, 5) is 24.7. The Hall–Kier alpha value is -1.59. The van der Waals surface area contributed by atoms with E-state index < -0.39 is 6.04 Å². The molecule has 0 saturated carbocycles. The van der Waals surface area contributed by atoms with Gasteiger partial charge in [-0.15, -0.1) is 0 Å². The summed E-state index contributed by atoms with van der Waals surface area (Å²) in [6.45, 7) is 5.38. The summed E-state index contributed by atoms with van der Waals surface area (Å²) in [5, 5.41) is 9.32. The molecule has 5 nitrogen and oxygen atoms in total. The molecular weight excluding hydrogens is 314 g/mol. The maximum Gasteiger partial charge on any atom is 0.251 e. The van der Waals surface area contributed by atoms with Gasteiger partial charge in [-0.2, -0.15) is 0 Å². The largest absolute Gasteiger partial charge is 0.354 e. The summed E-state index contributed by atoms with van der Waals surface area (Å²) in [5.74, 6) is -0.356. The molecule has 1 aromatic rings. The second-order valence-corrected chi connectivity index (χ2v) is 6.03. The molecular formula is C17H26ClN3O2. The number of benzene rings is 1. The van der Waals surface area contributed by atoms with Gasteiger partial charge in [-0.25, -0.2) is 0 Å². The number of carbonyl (C=O) groups is 2. The minimum Gasteiger partial charge on any atom is -0.354 e. The summed E-state index contributed by atoms with van der Waals surface area (Å²) < 4.78 is 0. The van der Waals surface area contributed by atoms with Crippen molar-refractivity contribution in [1.82, 2.24) is 16.0 Å². The fourth-order valence-electron chi connectivity index (χ4n) is 2.11. The van der Waals surface area contributed by atoms with E-state index in [0.717, 1.165) is 19.4 Å². The topological polar surface area (TPSA) is 70.2 Å². The Morgan fingerprint density at radius 2 is 1.83 bits per heavy atom. The number of rotatable bonds is 9. The first-order valence-electron chi connectivity index (χ1n) is 7.98. The normalized spacial score (nSPS) is 13.2. The second kappa shape index (κ2) is 10.2. The van der Waals surface area contributed by atoms with Gasteiger partial charge in [0.05, 0.1) is 0 Å². The Morgan fingerprint density at radius 3 is 2.39 bits per heavy atom. The molecule has 0 aliphatic carbocycles. The maximum absolute atomic E-state index is 12.4. The maximum atomic E-state index is 12.4. The van der Waals surface area contributed by atoms with Gasteiger partial charge in [-0.3, -0.25) is 9.59 Å². The SMILES string of the molecule is CCC(C)C(NC(=O)c1ccc(Cl)cc1)C(=O)NCCCNC. The lowest BCUT2D eigenvalue weighted by molar-refractivity contribution is -0.124. The summed E-state index contributed by atoms with van der Waals surface area (Å²) >= 11 is 5.83. The zero-order valence-corrected chi connectivity index (χ0v) is 14.7. The molecule has 6 heteroatoms. The van der Waals surface area contributed by atoms with Gasteiger partial charge in [-0.1, -0.05) is 31.9 Å². The number of amides is 2. The van der Waals surface area contributed by atoms with E-state index >= 15 is 0 Å². The van der Waals surface area contributed by atoms with Crippen LogP contribution in [0.2, 0.25) is 5.02 Å². The van der Waals surface area contributed by atoms with Crippen molar-refractivity contribution in [2.24, 2.45) is 5.92 Å². The Labute approximate surface area is 143 Å². The first-order valence-corrected chi connectivity index (χ1v) is 8.36. The summed E-state index contributed by atoms with van der Waals surface area (Å²) in [6.07, 6.45) is 1.65. The number of halogens is 1. The van der Waals surface area contributed by atoms with E-state index in [1.54, 1.807) is 24.3 Å². The smallest absolute Gasteiger partial charge is 0.251 e. The fraction of sp³-hybridized carbons (Fsp3) is 0.529. The van der Waals surface area contributed by atoms with E-state index in [2.05, 4.69) is 16.0 Å². The van der Waals surface area contributed by atoms with Crippen molar-refractivity contribution in [2.75, 3.05) is 20.1 Å². The average Bonchev–Trinajstić information content (AvgIpc) is 2.56. The lowest BCUT2D eigenvalue weighted by Gasteiger charge is -2.23. The molecule has 0 aliphatic rings. The molecule has 0 spiro atoms. The van der Waals surface area contributed by atoms with Crippen molar-refractivity contribution >= 4 is 23.4 Å². The summed E-state index contributed by atoms with van der Waals surface area (Å²) in [5.41, 5.74) is 0.491. The molecule has 2 unspecified atom stereocenters. The minimum atomic E-state index is -0.544. The van der Waals surface area contributed by atoms with Crippen LogP contribution >= 0.6 is 11.6 Å². The van der Waals surface area contributed by atoms with Gasteiger partial charge in [-0.05, 0) is 50.2 Å². The lowest BCUT2D eigenvalue weighted by Crippen LogP contribution is -2.50. The minimum absolute atomic E-state index is 0.0514. The van der Waals surface area contributed by atoms with Crippen LogP contribution in [0.1, 0.15) is 37.0 Å². The van der Waals surface area contributed by atoms with E-state index in [-0.39, 0.29) is 17.7 Å². The fourth-order valence-corrected chi connectivity index (χ4v) is 2.24. The molecule has 0 radical (unpaired) electrons. The quantitative estimate of drug-likeness (QED) is 0.604. The molecule has 1 rings (SSSR count). The zero-order chi connectivity index (χ0) is 17.2. The molecule has 2 atom stereocenters. The Morgan fingerprint density at radius 1 is 1.17 bits per heavy atom. The van der Waals surface area contributed by atoms with Crippen molar-refractivity contribution in [3.05, 3.63) is 34.9 Å². The summed E-state index contributed by atoms with van der Waals surface area (Å²) in [6, 6.07) is 6.07. The molecule has 0 bridgehead atoms. The highest BCUT2D eigenvalue weighted by atomic mass is 35.5. The third kappa shape index (κ3) is 6.59. The predicted octanol–water partition coefficient (Wildman–Crippen LogP) is 2.21. The average molecular weight is 340 g/mol. The standard InChI is InChI=1S/C17H26ClN3O2/c1-4-12(2)15(17(23)20-11-5-10-19-3)21-16(22)13-6-8-14(18)9-7-13/h6-9,12,15,19H,4-5,10-11H2,1-3H3,(H,20,23)(H,21,22). The Balaban J connectivity index is 2.68. The van der Waals surface area contributed by atoms with Crippen LogP contribution < -0.4 is 16.0 Å². The Bertz CT molecular complexity index is 505. The van der Waals surface area contributed by atoms with Crippen LogP contribution in [0.25, 0.3) is 0 Å². The number of carbonyl (C=O) groups excluding carboxylic acids is 2. The zero-order valence-electron chi connectivity index (χ0n) is 14.0. The van der Waals surface area contributed by atoms with Gasteiger partial charge in [0.15, 0.2) is 0 Å². The van der Waals surface area contributed by atoms with E-state index in [0.29, 0.717) is 17.1 Å². The van der Waals surface area contributed by atoms with Crippen molar-refractivity contribution in [2.45, 2.75) is 32.7 Å². The van der Waals surface area contributed by atoms with Gasteiger partial charge >= 0.3 is 0 Å². The highest BCUT2D eigenvalue weighted by Crippen LogP contribution is 2.12. The molecule has 0 fully saturated rings. The molecule has 2 amide bonds. The van der Waals surface area contributed by atoms with Gasteiger partial charge in [0.2, 0.25) is 5.91 Å². The van der Waals surface area contributed by atoms with Crippen LogP contribution in [0.3, 0.4) is 0 Å². The monoisotopic (exact) mass is 339 g/mol. The van der Waals surface area contributed by atoms with E-state index in [9.17, 15) is 9.59 Å². The third-order valence-corrected chi connectivity index (χ3v) is 4.04. The van der Waals surface area contributed by atoms with Crippen LogP contribution in [0.4, 0.5) is 0 Å². The molecule has 3 N–H and O–H groups in total. The van der Waals surface area contributed by atoms with E-state index in [1.165, 1.54) is 0 Å². The first kappa shape index (κ1) is 19.5. The van der Waals surface area contributed by atoms with Crippen LogP contribution in [0, 0.1) is 5.92 Å². The molecule has 128 valence electrons. The Kier molecular flexibility index (Phi) is 8.66. The van der Waals surface area contributed by atoms with Gasteiger partial charge < -0.3 is 16.0 Å². The number of nitrogens with one attached hydrogen (secondary N) is 3. The summed E-state index contributed by atoms with van der Waals surface area (Å²) in [7, 11) is 1.87. The first-order chi connectivity index (χ1) is 11.0. The molecule has 0 aromatic heterocycles. The predicted molar refractivity (Wildman–Crippen MR) is 93.7 cm³/mol. The third-order valence-electron chi connectivity index (χ3n) is 3.79. The van der Waals surface area contributed by atoms with Crippen molar-refractivity contribution in [1.29, 1.82) is 0 Å². The van der Waals surface area contributed by atoms with E-state index in [1.807, 2.05) is 20.9 Å². The lowest BCUT2D eigenvalue weighted by atomic mass is 9.97. The highest BCUT2D eigenvalue weighted by molar-refractivity contribution is 6.30. The van der Waals surface area contributed by atoms with Crippen LogP contribution in [0.15, 0.2) is 24.3 Å². The van der Waals surface area contributed by atoms with E-state index in [4.69, 9.17) is 11.6 Å². The van der Waals surface area contributed by atoms with Gasteiger partial charge in [0, 0.05) is 17.1 Å². The molecule has 0 aliphatic heterocycles. The van der Waals surface area contributed by atoms with Crippen LogP contribution in [0.5, 0.6) is 0 Å². The molecule has 0 saturated heterocycles. The van der Waals surface area contributed by atoms with Crippen LogP contribution in [-0.2, 0) is 4.79 Å². The van der Waals surface area contributed by atoms with Crippen molar-refractivity contribution in [3.63, 3.8) is 0 Å². The molecule has 0 heterocycles. The van der Waals surface area contributed by atoms with Crippen LogP contribution in [-0.4, -0.2) is 38.0 Å². The molecule has 23 heavy (non-hydrogen) atoms. The van der Waals surface area contributed by atoms with Crippen molar-refractivity contribution in [3.8, 4) is 0 Å². The number of hydrogen-bond acceptors (Lipinski definition) is 3. The second-order valence-electron chi connectivity index (χ2n) is 5.59. The van der Waals surface area contributed by atoms with Crippen molar-refractivity contribution < 1.29 is 9.59 Å². The van der Waals surface area contributed by atoms with Gasteiger partial charge in [0.1, 0.15) is 6.04 Å². The number of hydrogen-bond donors (Lipinski definition) is 3.